The lowest BCUT2D eigenvalue weighted by atomic mass is 9.43. The minimum atomic E-state index is -0.365. The molecule has 0 saturated heterocycles. The van der Waals surface area contributed by atoms with Gasteiger partial charge in [-0.2, -0.15) is 0 Å². The van der Waals surface area contributed by atoms with Crippen molar-refractivity contribution < 1.29 is 33.7 Å². The molecule has 0 aliphatic heterocycles. The molecule has 1 N–H and O–H groups in total. The van der Waals surface area contributed by atoms with Crippen LogP contribution in [0.2, 0.25) is 0 Å². The van der Waals surface area contributed by atoms with Gasteiger partial charge in [-0.25, -0.2) is 9.59 Å². The van der Waals surface area contributed by atoms with Crippen molar-refractivity contribution in [2.45, 2.75) is 96.9 Å². The summed E-state index contributed by atoms with van der Waals surface area (Å²) >= 11 is 0. The molecule has 11 atom stereocenters. The maximum atomic E-state index is 13.7. The van der Waals surface area contributed by atoms with E-state index in [4.69, 9.17) is 14.2 Å². The zero-order valence-electron chi connectivity index (χ0n) is 27.7. The molecule has 7 heteroatoms. The number of ether oxygens (including phenoxy) is 3. The molecule has 2 aromatic carbocycles. The molecule has 0 heterocycles. The van der Waals surface area contributed by atoms with Crippen molar-refractivity contribution in [3.05, 3.63) is 71.8 Å². The van der Waals surface area contributed by atoms with E-state index >= 15 is 0 Å². The quantitative estimate of drug-likeness (QED) is 0.242. The second-order valence-corrected chi connectivity index (χ2v) is 15.1. The first-order valence-corrected chi connectivity index (χ1v) is 17.3. The van der Waals surface area contributed by atoms with Gasteiger partial charge < -0.3 is 19.3 Å². The Labute approximate surface area is 273 Å². The van der Waals surface area contributed by atoms with Crippen molar-refractivity contribution >= 4 is 17.9 Å². The zero-order chi connectivity index (χ0) is 32.6. The van der Waals surface area contributed by atoms with Crippen molar-refractivity contribution in [3.63, 3.8) is 0 Å². The molecule has 0 aromatic heterocycles. The van der Waals surface area contributed by atoms with E-state index in [1.165, 1.54) is 7.11 Å². The first-order chi connectivity index (χ1) is 22.1. The number of aliphatic hydroxyl groups excluding tert-OH is 1. The van der Waals surface area contributed by atoms with Gasteiger partial charge in [0.1, 0.15) is 12.2 Å². The van der Waals surface area contributed by atoms with E-state index < -0.39 is 0 Å². The smallest absolute Gasteiger partial charge is 0.338 e. The van der Waals surface area contributed by atoms with Gasteiger partial charge in [-0.15, -0.1) is 0 Å². The van der Waals surface area contributed by atoms with Crippen LogP contribution < -0.4 is 0 Å². The fourth-order valence-corrected chi connectivity index (χ4v) is 10.6. The Morgan fingerprint density at radius 3 is 2.11 bits per heavy atom. The van der Waals surface area contributed by atoms with Crippen LogP contribution in [-0.4, -0.2) is 48.4 Å². The Morgan fingerprint density at radius 1 is 0.848 bits per heavy atom. The Hall–Kier alpha value is -3.19. The van der Waals surface area contributed by atoms with Crippen LogP contribution in [0.4, 0.5) is 0 Å². The van der Waals surface area contributed by atoms with E-state index in [9.17, 15) is 19.5 Å². The van der Waals surface area contributed by atoms with Crippen molar-refractivity contribution in [1.82, 2.24) is 0 Å². The molecule has 6 rings (SSSR count). The summed E-state index contributed by atoms with van der Waals surface area (Å²) in [5, 5.41) is 10.8. The van der Waals surface area contributed by atoms with E-state index in [0.29, 0.717) is 36.8 Å². The molecule has 0 amide bonds. The summed E-state index contributed by atoms with van der Waals surface area (Å²) in [7, 11) is 1.43. The van der Waals surface area contributed by atoms with Crippen LogP contribution in [0, 0.1) is 46.3 Å². The highest BCUT2D eigenvalue weighted by Crippen LogP contribution is 2.69. The van der Waals surface area contributed by atoms with Gasteiger partial charge in [-0.1, -0.05) is 57.2 Å². The summed E-state index contributed by atoms with van der Waals surface area (Å²) in [6.07, 6.45) is 5.79. The maximum absolute atomic E-state index is 13.7. The molecular weight excluding hydrogens is 580 g/mol. The lowest BCUT2D eigenvalue weighted by Gasteiger charge is -2.64. The van der Waals surface area contributed by atoms with Crippen LogP contribution in [0.5, 0.6) is 0 Å². The summed E-state index contributed by atoms with van der Waals surface area (Å²) < 4.78 is 18.1. The largest absolute Gasteiger partial charge is 0.469 e. The number of hydrogen-bond acceptors (Lipinski definition) is 7. The fraction of sp³-hybridized carbons (Fsp3) is 0.615. The standard InChI is InChI=1S/C39H50O7/c1-24(15-18-34(41)44-4)29-16-17-30-35-31(23-33(39(29,30)3)46-37(43)26-13-9-6-10-14-26)38(2)20-19-28(40)21-27(38)22-32(35)45-36(42)25-11-7-5-8-12-25/h5-14,24,27-33,35,40H,15-23H2,1-4H3/t24-,27?,28-,29-,30+,31+,32-,33+,35+,38+,39-/m1/s1. The van der Waals surface area contributed by atoms with Gasteiger partial charge in [-0.3, -0.25) is 4.79 Å². The number of hydrogen-bond donors (Lipinski definition) is 1. The van der Waals surface area contributed by atoms with Crippen molar-refractivity contribution in [1.29, 1.82) is 0 Å². The molecule has 7 nitrogen and oxygen atoms in total. The summed E-state index contributed by atoms with van der Waals surface area (Å²) in [5.74, 6) is 0.278. The molecule has 248 valence electrons. The first kappa shape index (κ1) is 32.7. The molecule has 4 saturated carbocycles. The van der Waals surface area contributed by atoms with Crippen LogP contribution in [0.1, 0.15) is 99.3 Å². The predicted octanol–water partition coefficient (Wildman–Crippen LogP) is 7.27. The number of rotatable bonds is 8. The van der Waals surface area contributed by atoms with E-state index in [0.717, 1.165) is 32.1 Å². The molecule has 0 radical (unpaired) electrons. The third-order valence-corrected chi connectivity index (χ3v) is 13.0. The van der Waals surface area contributed by atoms with Crippen LogP contribution in [0.3, 0.4) is 0 Å². The van der Waals surface area contributed by atoms with Crippen LogP contribution >= 0.6 is 0 Å². The number of fused-ring (bicyclic) bond motifs is 5. The van der Waals surface area contributed by atoms with Gasteiger partial charge in [0.25, 0.3) is 0 Å². The predicted molar refractivity (Wildman–Crippen MR) is 174 cm³/mol. The van der Waals surface area contributed by atoms with Gasteiger partial charge in [0.15, 0.2) is 0 Å². The minimum Gasteiger partial charge on any atom is -0.469 e. The highest BCUT2D eigenvalue weighted by Gasteiger charge is 2.67. The second kappa shape index (κ2) is 13.1. The normalized spacial score (nSPS) is 37.2. The number of methoxy groups -OCH3 is 1. The van der Waals surface area contributed by atoms with Gasteiger partial charge in [-0.05, 0) is 111 Å². The van der Waals surface area contributed by atoms with Crippen LogP contribution in [-0.2, 0) is 19.0 Å². The lowest BCUT2D eigenvalue weighted by Crippen LogP contribution is -2.63. The van der Waals surface area contributed by atoms with Crippen LogP contribution in [0.25, 0.3) is 0 Å². The van der Waals surface area contributed by atoms with Gasteiger partial charge in [0.2, 0.25) is 0 Å². The average molecular weight is 631 g/mol. The van der Waals surface area contributed by atoms with Crippen molar-refractivity contribution in [3.8, 4) is 0 Å². The van der Waals surface area contributed by atoms with Crippen molar-refractivity contribution in [2.75, 3.05) is 7.11 Å². The lowest BCUT2D eigenvalue weighted by molar-refractivity contribution is -0.207. The highest BCUT2D eigenvalue weighted by molar-refractivity contribution is 5.90. The SMILES string of the molecule is COC(=O)CC[C@@H](C)[C@H]1CC[C@H]2[C@@H]3[C@H](OC(=O)c4ccccc4)CC4C[C@H](O)CC[C@]4(C)[C@H]3C[C@H](OC(=O)c3ccccc3)[C@]12C. The van der Waals surface area contributed by atoms with Gasteiger partial charge in [0, 0.05) is 17.8 Å². The second-order valence-electron chi connectivity index (χ2n) is 15.1. The number of esters is 3. The number of benzene rings is 2. The molecule has 1 unspecified atom stereocenters. The van der Waals surface area contributed by atoms with E-state index in [1.807, 2.05) is 36.4 Å². The molecule has 4 fully saturated rings. The Morgan fingerprint density at radius 2 is 1.48 bits per heavy atom. The maximum Gasteiger partial charge on any atom is 0.338 e. The van der Waals surface area contributed by atoms with E-state index in [-0.39, 0.29) is 82.6 Å². The zero-order valence-corrected chi connectivity index (χ0v) is 27.7. The van der Waals surface area contributed by atoms with E-state index in [1.54, 1.807) is 24.3 Å². The first-order valence-electron chi connectivity index (χ1n) is 17.3. The summed E-state index contributed by atoms with van der Waals surface area (Å²) in [6, 6.07) is 18.4. The molecule has 4 aliphatic rings. The minimum absolute atomic E-state index is 0.0626. The van der Waals surface area contributed by atoms with E-state index in [2.05, 4.69) is 20.8 Å². The Kier molecular flexibility index (Phi) is 9.35. The Balaban J connectivity index is 1.39. The molecule has 0 bridgehead atoms. The monoisotopic (exact) mass is 630 g/mol. The Bertz CT molecular complexity index is 1390. The van der Waals surface area contributed by atoms with Crippen LogP contribution in [0.15, 0.2) is 60.7 Å². The summed E-state index contributed by atoms with van der Waals surface area (Å²) in [5.41, 5.74) is 0.661. The summed E-state index contributed by atoms with van der Waals surface area (Å²) in [6.45, 7) is 6.90. The highest BCUT2D eigenvalue weighted by atomic mass is 16.6. The number of carbonyl (C=O) groups is 3. The summed E-state index contributed by atoms with van der Waals surface area (Å²) in [4.78, 5) is 39.5. The van der Waals surface area contributed by atoms with Gasteiger partial charge >= 0.3 is 17.9 Å². The molecule has 0 spiro atoms. The third kappa shape index (κ3) is 5.89. The number of carbonyl (C=O) groups excluding carboxylic acids is 3. The molecular formula is C39H50O7. The third-order valence-electron chi connectivity index (χ3n) is 13.0. The topological polar surface area (TPSA) is 99.1 Å². The van der Waals surface area contributed by atoms with Gasteiger partial charge in [0.05, 0.1) is 24.3 Å². The fourth-order valence-electron chi connectivity index (χ4n) is 10.6. The molecule has 4 aliphatic carbocycles. The molecule has 46 heavy (non-hydrogen) atoms. The number of aliphatic hydroxyl groups is 1. The molecule has 2 aromatic rings. The van der Waals surface area contributed by atoms with Crippen molar-refractivity contribution in [2.24, 2.45) is 46.3 Å². The average Bonchev–Trinajstić information content (AvgIpc) is 3.43.